The van der Waals surface area contributed by atoms with E-state index in [-0.39, 0.29) is 5.91 Å². The summed E-state index contributed by atoms with van der Waals surface area (Å²) in [5.41, 5.74) is 1.76. The number of amides is 1. The molecule has 1 aromatic carbocycles. The molecule has 1 fully saturated rings. The average Bonchev–Trinajstić information content (AvgIpc) is 2.65. The van der Waals surface area contributed by atoms with Crippen LogP contribution in [0.25, 0.3) is 0 Å². The Balaban J connectivity index is 1.56. The minimum atomic E-state index is 0.0687. The summed E-state index contributed by atoms with van der Waals surface area (Å²) in [4.78, 5) is 20.5. The molecule has 2 heterocycles. The van der Waals surface area contributed by atoms with E-state index < -0.39 is 0 Å². The highest BCUT2D eigenvalue weighted by atomic mass is 16.5. The van der Waals surface area contributed by atoms with E-state index in [9.17, 15) is 4.79 Å². The molecule has 0 bridgehead atoms. The first-order valence-electron chi connectivity index (χ1n) is 9.18. The van der Waals surface area contributed by atoms with Crippen LogP contribution in [-0.4, -0.2) is 29.0 Å². The first kappa shape index (κ1) is 18.3. The minimum absolute atomic E-state index is 0.0687. The zero-order valence-electron chi connectivity index (χ0n) is 15.4. The van der Waals surface area contributed by atoms with Gasteiger partial charge >= 0.3 is 6.01 Å². The van der Waals surface area contributed by atoms with Crippen LogP contribution in [0.3, 0.4) is 0 Å². The topological polar surface area (TPSA) is 76.1 Å². The average molecular weight is 354 g/mol. The van der Waals surface area contributed by atoms with Crippen LogP contribution >= 0.6 is 0 Å². The van der Waals surface area contributed by atoms with Crippen LogP contribution in [0.2, 0.25) is 0 Å². The second kappa shape index (κ2) is 8.76. The lowest BCUT2D eigenvalue weighted by Crippen LogP contribution is -2.32. The Kier molecular flexibility index (Phi) is 6.17. The van der Waals surface area contributed by atoms with Crippen molar-refractivity contribution in [2.24, 2.45) is 11.8 Å². The fraction of sp³-hybridized carbons (Fsp3) is 0.450. The zero-order valence-corrected chi connectivity index (χ0v) is 15.4. The summed E-state index contributed by atoms with van der Waals surface area (Å²) < 4.78 is 5.62. The van der Waals surface area contributed by atoms with Gasteiger partial charge in [0, 0.05) is 24.5 Å². The van der Waals surface area contributed by atoms with E-state index in [0.29, 0.717) is 30.0 Å². The van der Waals surface area contributed by atoms with E-state index in [1.165, 1.54) is 0 Å². The maximum Gasteiger partial charge on any atom is 0.321 e. The summed E-state index contributed by atoms with van der Waals surface area (Å²) in [6, 6.07) is 7.60. The van der Waals surface area contributed by atoms with E-state index in [1.807, 2.05) is 25.1 Å². The van der Waals surface area contributed by atoms with Crippen LogP contribution in [0.4, 0.5) is 5.69 Å². The minimum Gasteiger partial charge on any atom is -0.424 e. The lowest BCUT2D eigenvalue weighted by molar-refractivity contribution is -0.117. The fourth-order valence-corrected chi connectivity index (χ4v) is 3.36. The Bertz CT molecular complexity index is 730. The molecule has 138 valence electrons. The van der Waals surface area contributed by atoms with E-state index in [4.69, 9.17) is 4.74 Å². The van der Waals surface area contributed by atoms with Gasteiger partial charge < -0.3 is 15.4 Å². The molecule has 1 aliphatic heterocycles. The molecule has 0 radical (unpaired) electrons. The van der Waals surface area contributed by atoms with Crippen molar-refractivity contribution in [1.82, 2.24) is 15.3 Å². The summed E-state index contributed by atoms with van der Waals surface area (Å²) in [6.45, 7) is 6.24. The Hall–Kier alpha value is -2.47. The van der Waals surface area contributed by atoms with Crippen LogP contribution in [0.5, 0.6) is 11.8 Å². The maximum atomic E-state index is 12.4. The molecule has 26 heavy (non-hydrogen) atoms. The van der Waals surface area contributed by atoms with Crippen LogP contribution in [0.15, 0.2) is 36.7 Å². The van der Waals surface area contributed by atoms with Gasteiger partial charge in [0.25, 0.3) is 0 Å². The van der Waals surface area contributed by atoms with Crippen molar-refractivity contribution in [2.75, 3.05) is 18.4 Å². The lowest BCUT2D eigenvalue weighted by atomic mass is 9.84. The monoisotopic (exact) mass is 354 g/mol. The molecule has 0 aliphatic carbocycles. The van der Waals surface area contributed by atoms with Gasteiger partial charge in [0.1, 0.15) is 5.75 Å². The van der Waals surface area contributed by atoms with Crippen LogP contribution in [0, 0.1) is 18.8 Å². The van der Waals surface area contributed by atoms with Gasteiger partial charge in [-0.3, -0.25) is 4.79 Å². The quantitative estimate of drug-likeness (QED) is 0.830. The molecular weight excluding hydrogens is 328 g/mol. The van der Waals surface area contributed by atoms with Crippen molar-refractivity contribution >= 4 is 11.6 Å². The van der Waals surface area contributed by atoms with Crippen molar-refractivity contribution in [1.29, 1.82) is 0 Å². The molecule has 1 amide bonds. The van der Waals surface area contributed by atoms with Gasteiger partial charge in [-0.05, 0) is 74.5 Å². The molecule has 2 aromatic rings. The number of rotatable bonds is 6. The highest BCUT2D eigenvalue weighted by Crippen LogP contribution is 2.27. The summed E-state index contributed by atoms with van der Waals surface area (Å²) in [5.74, 6) is 1.74. The molecule has 1 atom stereocenters. The van der Waals surface area contributed by atoms with E-state index in [2.05, 4.69) is 27.5 Å². The molecule has 6 nitrogen and oxygen atoms in total. The van der Waals surface area contributed by atoms with Crippen molar-refractivity contribution in [3.63, 3.8) is 0 Å². The first-order valence-corrected chi connectivity index (χ1v) is 9.18. The molecule has 1 aromatic heterocycles. The number of nitrogens with one attached hydrogen (secondary N) is 2. The fourth-order valence-electron chi connectivity index (χ4n) is 3.36. The largest absolute Gasteiger partial charge is 0.424 e. The molecular formula is C20H26N4O2. The Morgan fingerprint density at radius 3 is 2.73 bits per heavy atom. The number of carbonyl (C=O) groups excluding carboxylic acids is 1. The molecule has 1 aliphatic rings. The summed E-state index contributed by atoms with van der Waals surface area (Å²) in [6.07, 6.45) is 6.13. The van der Waals surface area contributed by atoms with Gasteiger partial charge in [0.15, 0.2) is 0 Å². The van der Waals surface area contributed by atoms with Gasteiger partial charge in [-0.15, -0.1) is 0 Å². The third kappa shape index (κ3) is 5.02. The predicted molar refractivity (Wildman–Crippen MR) is 101 cm³/mol. The molecule has 2 N–H and O–H groups in total. The number of anilines is 1. The van der Waals surface area contributed by atoms with E-state index in [0.717, 1.165) is 37.2 Å². The van der Waals surface area contributed by atoms with Crippen molar-refractivity contribution in [3.8, 4) is 11.8 Å². The van der Waals surface area contributed by atoms with Gasteiger partial charge in [-0.25, -0.2) is 9.97 Å². The van der Waals surface area contributed by atoms with Gasteiger partial charge in [0.2, 0.25) is 5.91 Å². The van der Waals surface area contributed by atoms with E-state index in [1.54, 1.807) is 18.5 Å². The van der Waals surface area contributed by atoms with Crippen molar-refractivity contribution in [3.05, 3.63) is 42.2 Å². The third-order valence-electron chi connectivity index (χ3n) is 4.92. The van der Waals surface area contributed by atoms with E-state index >= 15 is 0 Å². The second-order valence-electron chi connectivity index (χ2n) is 6.93. The molecule has 0 saturated carbocycles. The van der Waals surface area contributed by atoms with Crippen molar-refractivity contribution in [2.45, 2.75) is 33.1 Å². The van der Waals surface area contributed by atoms with Crippen LogP contribution in [0.1, 0.15) is 31.7 Å². The van der Waals surface area contributed by atoms with Crippen LogP contribution in [-0.2, 0) is 4.79 Å². The smallest absolute Gasteiger partial charge is 0.321 e. The molecule has 1 unspecified atom stereocenters. The first-order chi connectivity index (χ1) is 12.6. The van der Waals surface area contributed by atoms with Gasteiger partial charge in [-0.2, -0.15) is 0 Å². The summed E-state index contributed by atoms with van der Waals surface area (Å²) in [7, 11) is 0. The van der Waals surface area contributed by atoms with Crippen LogP contribution < -0.4 is 15.4 Å². The normalized spacial score (nSPS) is 16.1. The predicted octanol–water partition coefficient (Wildman–Crippen LogP) is 3.54. The van der Waals surface area contributed by atoms with Gasteiger partial charge in [0.05, 0.1) is 0 Å². The highest BCUT2D eigenvalue weighted by molar-refractivity contribution is 5.91. The molecule has 3 rings (SSSR count). The Morgan fingerprint density at radius 1 is 1.31 bits per heavy atom. The number of benzene rings is 1. The number of carbonyl (C=O) groups is 1. The summed E-state index contributed by atoms with van der Waals surface area (Å²) in [5, 5.41) is 6.40. The highest BCUT2D eigenvalue weighted by Gasteiger charge is 2.22. The number of ether oxygens (including phenoxy) is 1. The Labute approximate surface area is 154 Å². The lowest BCUT2D eigenvalue weighted by Gasteiger charge is -2.28. The number of nitrogens with zero attached hydrogens (tertiary/aromatic N) is 2. The zero-order chi connectivity index (χ0) is 18.4. The molecule has 6 heteroatoms. The maximum absolute atomic E-state index is 12.4. The molecule has 0 spiro atoms. The van der Waals surface area contributed by atoms with Crippen molar-refractivity contribution < 1.29 is 9.53 Å². The third-order valence-corrected chi connectivity index (χ3v) is 4.92. The number of aromatic nitrogens is 2. The number of piperidine rings is 1. The number of hydrogen-bond acceptors (Lipinski definition) is 5. The number of hydrogen-bond donors (Lipinski definition) is 2. The molecule has 1 saturated heterocycles. The number of aryl methyl sites for hydroxylation is 1. The summed E-state index contributed by atoms with van der Waals surface area (Å²) >= 11 is 0. The Morgan fingerprint density at radius 2 is 2.04 bits per heavy atom. The SMILES string of the molecule is Cc1cc(Oc2ncccn2)ccc1NC(=O)CC(C)C1CCNCC1. The standard InChI is InChI=1S/C20H26N4O2/c1-14(16-6-10-21-11-7-16)13-19(25)24-18-5-4-17(12-15(18)2)26-20-22-8-3-9-23-20/h3-5,8-9,12,14,16,21H,6-7,10-11,13H2,1-2H3,(H,24,25). The van der Waals surface area contributed by atoms with Gasteiger partial charge in [-0.1, -0.05) is 6.92 Å². The second-order valence-corrected chi connectivity index (χ2v) is 6.93.